The summed E-state index contributed by atoms with van der Waals surface area (Å²) < 4.78 is 23.1. The molecule has 1 saturated heterocycles. The van der Waals surface area contributed by atoms with E-state index in [0.717, 1.165) is 25.9 Å². The molecule has 0 aromatic carbocycles. The number of epoxide rings is 1. The monoisotopic (exact) mass is 342 g/mol. The van der Waals surface area contributed by atoms with Gasteiger partial charge in [0.05, 0.1) is 19.3 Å². The molecule has 1 aliphatic rings. The summed E-state index contributed by atoms with van der Waals surface area (Å²) in [7, 11) is 3.38. The largest absolute Gasteiger partial charge is 0.375 e. The summed E-state index contributed by atoms with van der Waals surface area (Å²) in [6.07, 6.45) is 11.6. The first-order valence-corrected chi connectivity index (χ1v) is 9.64. The molecule has 0 radical (unpaired) electrons. The molecule has 142 valence electrons. The van der Waals surface area contributed by atoms with Gasteiger partial charge in [-0.1, -0.05) is 59.0 Å². The summed E-state index contributed by atoms with van der Waals surface area (Å²) >= 11 is 0. The smallest absolute Gasteiger partial charge is 0.192 e. The molecule has 0 aromatic heterocycles. The van der Waals surface area contributed by atoms with Crippen molar-refractivity contribution in [3.8, 4) is 0 Å². The highest BCUT2D eigenvalue weighted by Gasteiger charge is 2.42. The van der Waals surface area contributed by atoms with E-state index in [0.29, 0.717) is 6.61 Å². The zero-order chi connectivity index (χ0) is 17.8. The molecule has 24 heavy (non-hydrogen) atoms. The van der Waals surface area contributed by atoms with Crippen molar-refractivity contribution < 1.29 is 18.9 Å². The Morgan fingerprint density at radius 2 is 1.75 bits per heavy atom. The molecule has 1 fully saturated rings. The van der Waals surface area contributed by atoms with Crippen LogP contribution in [0.3, 0.4) is 0 Å². The normalized spacial score (nSPS) is 19.9. The first-order chi connectivity index (χ1) is 11.7. The molecule has 3 unspecified atom stereocenters. The van der Waals surface area contributed by atoms with Crippen molar-refractivity contribution in [1.82, 2.24) is 0 Å². The van der Waals surface area contributed by atoms with Gasteiger partial charge in [-0.3, -0.25) is 0 Å². The molecule has 4 nitrogen and oxygen atoms in total. The molecule has 0 aromatic rings. The van der Waals surface area contributed by atoms with Gasteiger partial charge in [-0.05, 0) is 18.9 Å². The predicted octanol–water partition coefficient (Wildman–Crippen LogP) is 4.72. The van der Waals surface area contributed by atoms with Gasteiger partial charge in [0.15, 0.2) is 5.79 Å². The van der Waals surface area contributed by atoms with Crippen LogP contribution in [0, 0.1) is 5.92 Å². The Morgan fingerprint density at radius 3 is 2.25 bits per heavy atom. The molecule has 0 spiro atoms. The van der Waals surface area contributed by atoms with E-state index in [2.05, 4.69) is 20.4 Å². The van der Waals surface area contributed by atoms with Gasteiger partial charge in [-0.15, -0.1) is 0 Å². The van der Waals surface area contributed by atoms with Crippen LogP contribution in [0.2, 0.25) is 0 Å². The third-order valence-electron chi connectivity index (χ3n) is 4.98. The maximum Gasteiger partial charge on any atom is 0.192 e. The molecular formula is C20H38O4. The van der Waals surface area contributed by atoms with Crippen LogP contribution in [-0.2, 0) is 18.9 Å². The van der Waals surface area contributed by atoms with Crippen LogP contribution < -0.4 is 0 Å². The van der Waals surface area contributed by atoms with Crippen molar-refractivity contribution in [2.75, 3.05) is 27.4 Å². The zero-order valence-electron chi connectivity index (χ0n) is 16.2. The third kappa shape index (κ3) is 6.83. The van der Waals surface area contributed by atoms with Crippen molar-refractivity contribution in [1.29, 1.82) is 0 Å². The average molecular weight is 343 g/mol. The number of methoxy groups -OCH3 is 2. The van der Waals surface area contributed by atoms with Crippen LogP contribution in [-0.4, -0.2) is 45.4 Å². The summed E-state index contributed by atoms with van der Waals surface area (Å²) in [6.45, 7) is 9.88. The van der Waals surface area contributed by atoms with Crippen molar-refractivity contribution in [2.24, 2.45) is 5.92 Å². The van der Waals surface area contributed by atoms with Crippen LogP contribution in [0.25, 0.3) is 0 Å². The lowest BCUT2D eigenvalue weighted by atomic mass is 9.85. The number of rotatable bonds is 16. The van der Waals surface area contributed by atoms with Gasteiger partial charge in [0, 0.05) is 20.1 Å². The van der Waals surface area contributed by atoms with Crippen molar-refractivity contribution in [3.05, 3.63) is 12.7 Å². The lowest BCUT2D eigenvalue weighted by Crippen LogP contribution is -2.47. The fraction of sp³-hybridized carbons (Fsp3) is 0.900. The van der Waals surface area contributed by atoms with E-state index in [1.54, 1.807) is 20.3 Å². The highest BCUT2D eigenvalue weighted by Crippen LogP contribution is 2.35. The predicted molar refractivity (Wildman–Crippen MR) is 98.2 cm³/mol. The van der Waals surface area contributed by atoms with Gasteiger partial charge < -0.3 is 18.9 Å². The molecule has 0 aliphatic carbocycles. The molecule has 0 bridgehead atoms. The van der Waals surface area contributed by atoms with Crippen LogP contribution in [0.5, 0.6) is 0 Å². The van der Waals surface area contributed by atoms with E-state index in [-0.39, 0.29) is 18.1 Å². The Bertz CT molecular complexity index is 324. The lowest BCUT2D eigenvalue weighted by Gasteiger charge is -2.40. The van der Waals surface area contributed by atoms with Crippen molar-refractivity contribution >= 4 is 0 Å². The number of ether oxygens (including phenoxy) is 4. The first-order valence-electron chi connectivity index (χ1n) is 9.64. The standard InChI is InChI=1S/C20H38O4/c1-6-9-10-11-12-14-19(24-16-17-15-23-17)18(13-7-2)20(8-3,21-4)22-5/h8,17-19H,3,6-7,9-16H2,1-2,4-5H3. The fourth-order valence-corrected chi connectivity index (χ4v) is 3.41. The Morgan fingerprint density at radius 1 is 1.08 bits per heavy atom. The van der Waals surface area contributed by atoms with Gasteiger partial charge >= 0.3 is 0 Å². The average Bonchev–Trinajstić information content (AvgIpc) is 3.43. The summed E-state index contributed by atoms with van der Waals surface area (Å²) in [5, 5.41) is 0. The van der Waals surface area contributed by atoms with E-state index in [4.69, 9.17) is 18.9 Å². The Balaban J connectivity index is 2.73. The second kappa shape index (κ2) is 12.0. The van der Waals surface area contributed by atoms with Gasteiger partial charge in [0.2, 0.25) is 0 Å². The molecule has 4 heteroatoms. The van der Waals surface area contributed by atoms with E-state index in [1.807, 2.05) is 0 Å². The van der Waals surface area contributed by atoms with E-state index < -0.39 is 5.79 Å². The molecule has 0 saturated carbocycles. The number of unbranched alkanes of at least 4 members (excludes halogenated alkanes) is 4. The molecule has 1 heterocycles. The first kappa shape index (κ1) is 21.6. The second-order valence-corrected chi connectivity index (χ2v) is 6.76. The minimum atomic E-state index is -0.783. The minimum Gasteiger partial charge on any atom is -0.375 e. The van der Waals surface area contributed by atoms with Gasteiger partial charge in [-0.25, -0.2) is 0 Å². The van der Waals surface area contributed by atoms with Gasteiger partial charge in [0.1, 0.15) is 6.10 Å². The zero-order valence-corrected chi connectivity index (χ0v) is 16.2. The van der Waals surface area contributed by atoms with Gasteiger partial charge in [0.25, 0.3) is 0 Å². The maximum atomic E-state index is 6.27. The third-order valence-corrected chi connectivity index (χ3v) is 4.98. The van der Waals surface area contributed by atoms with Crippen molar-refractivity contribution in [2.45, 2.75) is 83.2 Å². The summed E-state index contributed by atoms with van der Waals surface area (Å²) in [5.41, 5.74) is 0. The minimum absolute atomic E-state index is 0.105. The molecule has 0 amide bonds. The van der Waals surface area contributed by atoms with Crippen molar-refractivity contribution in [3.63, 3.8) is 0 Å². The molecule has 1 aliphatic heterocycles. The SMILES string of the molecule is C=CC(OC)(OC)C(CCC)C(CCCCCCC)OCC1CO1. The lowest BCUT2D eigenvalue weighted by molar-refractivity contribution is -0.231. The molecule has 1 rings (SSSR count). The van der Waals surface area contributed by atoms with E-state index in [9.17, 15) is 0 Å². The van der Waals surface area contributed by atoms with Crippen LogP contribution >= 0.6 is 0 Å². The Hall–Kier alpha value is -0.420. The van der Waals surface area contributed by atoms with E-state index in [1.165, 1.54) is 32.1 Å². The quantitative estimate of drug-likeness (QED) is 0.176. The summed E-state index contributed by atoms with van der Waals surface area (Å²) in [5.74, 6) is -0.644. The van der Waals surface area contributed by atoms with E-state index >= 15 is 0 Å². The topological polar surface area (TPSA) is 40.2 Å². The molecule has 0 N–H and O–H groups in total. The fourth-order valence-electron chi connectivity index (χ4n) is 3.41. The van der Waals surface area contributed by atoms with Crippen LogP contribution in [0.1, 0.15) is 65.2 Å². The highest BCUT2D eigenvalue weighted by molar-refractivity contribution is 4.98. The summed E-state index contributed by atoms with van der Waals surface area (Å²) in [4.78, 5) is 0. The number of hydrogen-bond acceptors (Lipinski definition) is 4. The highest BCUT2D eigenvalue weighted by atomic mass is 16.7. The molecular weight excluding hydrogens is 304 g/mol. The maximum absolute atomic E-state index is 6.27. The summed E-state index contributed by atoms with van der Waals surface area (Å²) in [6, 6.07) is 0. The van der Waals surface area contributed by atoms with Gasteiger partial charge in [-0.2, -0.15) is 0 Å². The Labute approximate surface area is 148 Å². The van der Waals surface area contributed by atoms with Crippen LogP contribution in [0.4, 0.5) is 0 Å². The second-order valence-electron chi connectivity index (χ2n) is 6.76. The van der Waals surface area contributed by atoms with Crippen LogP contribution in [0.15, 0.2) is 12.7 Å². The molecule has 3 atom stereocenters. The Kier molecular flexibility index (Phi) is 10.8. The number of hydrogen-bond donors (Lipinski definition) is 0.